The molecule has 0 saturated carbocycles. The fourth-order valence-corrected chi connectivity index (χ4v) is 6.73. The van der Waals surface area contributed by atoms with E-state index in [2.05, 4.69) is 153 Å². The van der Waals surface area contributed by atoms with Crippen molar-refractivity contribution in [3.63, 3.8) is 0 Å². The van der Waals surface area contributed by atoms with Crippen molar-refractivity contribution in [3.8, 4) is 33.6 Å². The Labute approximate surface area is 254 Å². The van der Waals surface area contributed by atoms with Gasteiger partial charge in [0.1, 0.15) is 0 Å². The van der Waals surface area contributed by atoms with Crippen LogP contribution in [-0.4, -0.2) is 19.1 Å². The highest BCUT2D eigenvalue weighted by molar-refractivity contribution is 6.28. The van der Waals surface area contributed by atoms with Crippen LogP contribution in [0.4, 0.5) is 0 Å². The summed E-state index contributed by atoms with van der Waals surface area (Å²) in [6.45, 7) is 0. The Morgan fingerprint density at radius 3 is 1.14 bits per heavy atom. The summed E-state index contributed by atoms with van der Waals surface area (Å²) >= 11 is 0. The van der Waals surface area contributed by atoms with Crippen LogP contribution in [0.15, 0.2) is 158 Å². The molecule has 44 heavy (non-hydrogen) atoms. The highest BCUT2D eigenvalue weighted by Crippen LogP contribution is 2.42. The van der Waals surface area contributed by atoms with Gasteiger partial charge in [-0.3, -0.25) is 9.97 Å². The van der Waals surface area contributed by atoms with Gasteiger partial charge in [0.05, 0.1) is 22.1 Å². The Kier molecular flexibility index (Phi) is 5.47. The molecule has 0 bridgehead atoms. The van der Waals surface area contributed by atoms with Crippen LogP contribution in [0.1, 0.15) is 0 Å². The third-order valence-corrected chi connectivity index (χ3v) is 8.73. The van der Waals surface area contributed by atoms with Crippen molar-refractivity contribution >= 4 is 43.6 Å². The highest BCUT2D eigenvalue weighted by Gasteiger charge is 2.20. The fourth-order valence-electron chi connectivity index (χ4n) is 6.73. The minimum Gasteiger partial charge on any atom is -0.309 e. The molecule has 9 rings (SSSR count). The molecule has 0 saturated heterocycles. The Hall–Kier alpha value is -6.00. The van der Waals surface area contributed by atoms with Crippen LogP contribution in [0.2, 0.25) is 0 Å². The van der Waals surface area contributed by atoms with Gasteiger partial charge in [0, 0.05) is 57.7 Å². The van der Waals surface area contributed by atoms with Crippen molar-refractivity contribution in [2.45, 2.75) is 0 Å². The van der Waals surface area contributed by atoms with E-state index in [1.807, 2.05) is 24.8 Å². The largest absolute Gasteiger partial charge is 0.309 e. The topological polar surface area (TPSA) is 35.6 Å². The maximum atomic E-state index is 4.58. The summed E-state index contributed by atoms with van der Waals surface area (Å²) in [5.74, 6) is 0. The van der Waals surface area contributed by atoms with Crippen molar-refractivity contribution < 1.29 is 0 Å². The standard InChI is InChI=1S/C40H26N4/c1-3-7-27(8-4-1)29-11-15-31(16-12-29)43-35-21-23-41-25-33(35)39-37(43)19-20-38-40(39)34-26-42-24-22-36(34)44(38)32-17-13-30(14-18-32)28-9-5-2-6-10-28/h1-26H. The molecular formula is C40H26N4. The number of hydrogen-bond acceptors (Lipinski definition) is 2. The van der Waals surface area contributed by atoms with Crippen molar-refractivity contribution in [1.82, 2.24) is 19.1 Å². The molecule has 9 aromatic rings. The third kappa shape index (κ3) is 3.71. The zero-order valence-electron chi connectivity index (χ0n) is 23.8. The molecule has 4 nitrogen and oxygen atoms in total. The first kappa shape index (κ1) is 24.6. The van der Waals surface area contributed by atoms with Crippen molar-refractivity contribution in [2.24, 2.45) is 0 Å². The lowest BCUT2D eigenvalue weighted by Crippen LogP contribution is -1.95. The Balaban J connectivity index is 1.29. The second-order valence-electron chi connectivity index (χ2n) is 11.1. The molecular weight excluding hydrogens is 536 g/mol. The lowest BCUT2D eigenvalue weighted by molar-refractivity contribution is 1.17. The zero-order valence-corrected chi connectivity index (χ0v) is 23.8. The summed E-state index contributed by atoms with van der Waals surface area (Å²) in [6, 6.07) is 47.4. The average Bonchev–Trinajstić information content (AvgIpc) is 3.62. The van der Waals surface area contributed by atoms with Gasteiger partial charge < -0.3 is 9.13 Å². The molecule has 0 atom stereocenters. The van der Waals surface area contributed by atoms with E-state index in [4.69, 9.17) is 0 Å². The SMILES string of the molecule is c1ccc(-c2ccc(-n3c4ccncc4c4c5c6cnccc6n(-c6ccc(-c7ccccc7)cc6)c5ccc43)cc2)cc1. The molecule has 5 aromatic carbocycles. The van der Waals surface area contributed by atoms with Gasteiger partial charge >= 0.3 is 0 Å². The van der Waals surface area contributed by atoms with Gasteiger partial charge in [-0.15, -0.1) is 0 Å². The highest BCUT2D eigenvalue weighted by atomic mass is 15.0. The first-order chi connectivity index (χ1) is 21.8. The number of rotatable bonds is 4. The summed E-state index contributed by atoms with van der Waals surface area (Å²) in [4.78, 5) is 9.16. The summed E-state index contributed by atoms with van der Waals surface area (Å²) in [6.07, 6.45) is 7.76. The number of aromatic nitrogens is 4. The maximum absolute atomic E-state index is 4.58. The quantitative estimate of drug-likeness (QED) is 0.214. The molecule has 0 aliphatic rings. The van der Waals surface area contributed by atoms with Gasteiger partial charge in [0.2, 0.25) is 0 Å². The molecule has 0 N–H and O–H groups in total. The second-order valence-corrected chi connectivity index (χ2v) is 11.1. The van der Waals surface area contributed by atoms with Crippen LogP contribution in [0.25, 0.3) is 77.2 Å². The molecule has 0 amide bonds. The number of pyridine rings is 2. The first-order valence-electron chi connectivity index (χ1n) is 14.8. The smallest absolute Gasteiger partial charge is 0.0572 e. The molecule has 4 aromatic heterocycles. The van der Waals surface area contributed by atoms with E-state index in [1.165, 1.54) is 33.0 Å². The zero-order chi connectivity index (χ0) is 29.0. The molecule has 0 fully saturated rings. The van der Waals surface area contributed by atoms with Crippen LogP contribution in [0.3, 0.4) is 0 Å². The van der Waals surface area contributed by atoms with Gasteiger partial charge in [-0.1, -0.05) is 84.9 Å². The van der Waals surface area contributed by atoms with Gasteiger partial charge in [-0.05, 0) is 70.8 Å². The van der Waals surface area contributed by atoms with Crippen molar-refractivity contribution in [1.29, 1.82) is 0 Å². The molecule has 0 spiro atoms. The molecule has 0 unspecified atom stereocenters. The van der Waals surface area contributed by atoms with Crippen LogP contribution >= 0.6 is 0 Å². The first-order valence-corrected chi connectivity index (χ1v) is 14.8. The van der Waals surface area contributed by atoms with E-state index in [-0.39, 0.29) is 0 Å². The van der Waals surface area contributed by atoms with Crippen LogP contribution in [-0.2, 0) is 0 Å². The average molecular weight is 563 g/mol. The van der Waals surface area contributed by atoms with Crippen molar-refractivity contribution in [2.75, 3.05) is 0 Å². The Bertz CT molecular complexity index is 2280. The third-order valence-electron chi connectivity index (χ3n) is 8.73. The minimum atomic E-state index is 1.12. The molecule has 4 heteroatoms. The van der Waals surface area contributed by atoms with Gasteiger partial charge in [-0.2, -0.15) is 0 Å². The Morgan fingerprint density at radius 2 is 0.727 bits per heavy atom. The monoisotopic (exact) mass is 562 g/mol. The molecule has 206 valence electrons. The van der Waals surface area contributed by atoms with Gasteiger partial charge in [0.15, 0.2) is 0 Å². The van der Waals surface area contributed by atoms with E-state index >= 15 is 0 Å². The van der Waals surface area contributed by atoms with Crippen LogP contribution in [0.5, 0.6) is 0 Å². The minimum absolute atomic E-state index is 1.12. The summed E-state index contributed by atoms with van der Waals surface area (Å²) in [7, 11) is 0. The Morgan fingerprint density at radius 1 is 0.341 bits per heavy atom. The van der Waals surface area contributed by atoms with Crippen LogP contribution < -0.4 is 0 Å². The molecule has 4 heterocycles. The maximum Gasteiger partial charge on any atom is 0.0572 e. The lowest BCUT2D eigenvalue weighted by atomic mass is 10.1. The number of nitrogens with zero attached hydrogens (tertiary/aromatic N) is 4. The molecule has 0 aliphatic carbocycles. The van der Waals surface area contributed by atoms with E-state index in [1.54, 1.807) is 0 Å². The molecule has 0 radical (unpaired) electrons. The fraction of sp³-hybridized carbons (Fsp3) is 0. The lowest BCUT2D eigenvalue weighted by Gasteiger charge is -2.11. The number of benzene rings is 5. The summed E-state index contributed by atoms with van der Waals surface area (Å²) < 4.78 is 4.71. The van der Waals surface area contributed by atoms with Gasteiger partial charge in [-0.25, -0.2) is 0 Å². The normalized spacial score (nSPS) is 11.6. The van der Waals surface area contributed by atoms with Gasteiger partial charge in [0.25, 0.3) is 0 Å². The predicted molar refractivity (Wildman–Crippen MR) is 182 cm³/mol. The van der Waals surface area contributed by atoms with Crippen molar-refractivity contribution in [3.05, 3.63) is 158 Å². The summed E-state index contributed by atoms with van der Waals surface area (Å²) in [5, 5.41) is 4.64. The molecule has 0 aliphatic heterocycles. The second kappa shape index (κ2) is 9.79. The predicted octanol–water partition coefficient (Wildman–Crippen LogP) is 10.0. The van der Waals surface area contributed by atoms with E-state index in [0.29, 0.717) is 0 Å². The van der Waals surface area contributed by atoms with E-state index in [9.17, 15) is 0 Å². The van der Waals surface area contributed by atoms with Crippen LogP contribution in [0, 0.1) is 0 Å². The number of hydrogen-bond donors (Lipinski definition) is 0. The summed E-state index contributed by atoms with van der Waals surface area (Å²) in [5.41, 5.74) is 11.6. The number of fused-ring (bicyclic) bond motifs is 7. The van der Waals surface area contributed by atoms with E-state index in [0.717, 1.165) is 44.2 Å². The van der Waals surface area contributed by atoms with E-state index < -0.39 is 0 Å².